The molecule has 3 aromatic rings. The summed E-state index contributed by atoms with van der Waals surface area (Å²) in [6.45, 7) is 2.59. The Morgan fingerprint density at radius 3 is 2.80 bits per heavy atom. The van der Waals surface area contributed by atoms with Gasteiger partial charge in [-0.3, -0.25) is 4.98 Å². The van der Waals surface area contributed by atoms with Crippen LogP contribution < -0.4 is 10.1 Å². The Morgan fingerprint density at radius 1 is 1.23 bits per heavy atom. The van der Waals surface area contributed by atoms with Crippen molar-refractivity contribution in [1.82, 2.24) is 25.3 Å². The van der Waals surface area contributed by atoms with Crippen molar-refractivity contribution >= 4 is 6.03 Å². The van der Waals surface area contributed by atoms with Crippen molar-refractivity contribution in [3.63, 3.8) is 0 Å². The van der Waals surface area contributed by atoms with Gasteiger partial charge in [-0.2, -0.15) is 4.98 Å². The van der Waals surface area contributed by atoms with Crippen molar-refractivity contribution in [2.45, 2.75) is 44.2 Å². The van der Waals surface area contributed by atoms with E-state index < -0.39 is 0 Å². The summed E-state index contributed by atoms with van der Waals surface area (Å²) in [4.78, 5) is 23.3. The Bertz CT molecular complexity index is 1110. The van der Waals surface area contributed by atoms with Gasteiger partial charge in [-0.25, -0.2) is 4.79 Å². The molecule has 35 heavy (non-hydrogen) atoms. The van der Waals surface area contributed by atoms with Crippen LogP contribution in [0.2, 0.25) is 0 Å². The van der Waals surface area contributed by atoms with Crippen molar-refractivity contribution in [3.05, 3.63) is 60.2 Å². The molecule has 184 valence electrons. The molecule has 2 saturated heterocycles. The zero-order valence-corrected chi connectivity index (χ0v) is 20.0. The van der Waals surface area contributed by atoms with Crippen molar-refractivity contribution < 1.29 is 18.8 Å². The molecular weight excluding hydrogens is 446 g/mol. The third kappa shape index (κ3) is 5.62. The van der Waals surface area contributed by atoms with Gasteiger partial charge in [0.15, 0.2) is 0 Å². The second-order valence-electron chi connectivity index (χ2n) is 9.34. The Kier molecular flexibility index (Phi) is 6.94. The first-order chi connectivity index (χ1) is 17.1. The molecule has 0 unspecified atom stereocenters. The number of benzene rings is 1. The van der Waals surface area contributed by atoms with Gasteiger partial charge in [0.25, 0.3) is 0 Å². The quantitative estimate of drug-likeness (QED) is 0.575. The molecule has 1 atom stereocenters. The van der Waals surface area contributed by atoms with Crippen LogP contribution in [0.4, 0.5) is 4.79 Å². The summed E-state index contributed by atoms with van der Waals surface area (Å²) >= 11 is 0. The number of hydrogen-bond acceptors (Lipinski definition) is 7. The van der Waals surface area contributed by atoms with E-state index >= 15 is 0 Å². The molecule has 5 rings (SSSR count). The first-order valence-electron chi connectivity index (χ1n) is 12.2. The molecule has 0 radical (unpaired) electrons. The summed E-state index contributed by atoms with van der Waals surface area (Å²) in [6, 6.07) is 11.5. The van der Waals surface area contributed by atoms with E-state index in [1.54, 1.807) is 19.5 Å². The number of ether oxygens (including phenoxy) is 2. The maximum absolute atomic E-state index is 12.7. The maximum Gasteiger partial charge on any atom is 0.317 e. The Hall–Kier alpha value is -3.46. The van der Waals surface area contributed by atoms with E-state index in [1.165, 1.54) is 0 Å². The smallest absolute Gasteiger partial charge is 0.317 e. The van der Waals surface area contributed by atoms with E-state index in [0.29, 0.717) is 37.3 Å². The van der Waals surface area contributed by atoms with E-state index in [-0.39, 0.29) is 11.6 Å². The molecule has 2 amide bonds. The average molecular weight is 478 g/mol. The monoisotopic (exact) mass is 477 g/mol. The Balaban J connectivity index is 1.11. The van der Waals surface area contributed by atoms with Crippen molar-refractivity contribution in [3.8, 4) is 17.1 Å². The number of pyridine rings is 1. The van der Waals surface area contributed by atoms with Gasteiger partial charge >= 0.3 is 6.03 Å². The Morgan fingerprint density at radius 2 is 2.06 bits per heavy atom. The molecule has 1 aromatic carbocycles. The number of rotatable bonds is 6. The number of carbonyl (C=O) groups is 1. The van der Waals surface area contributed by atoms with E-state index in [4.69, 9.17) is 14.0 Å². The highest BCUT2D eigenvalue weighted by molar-refractivity contribution is 5.74. The maximum atomic E-state index is 12.7. The third-order valence-electron chi connectivity index (χ3n) is 7.01. The standard InChI is InChI=1S/C26H31N5O4/c1-33-22-6-4-19(5-7-22)17-28-25(32)31-12-9-26(10-13-31)16-20(8-14-34-26)15-23-29-24(30-35-23)21-3-2-11-27-18-21/h2-7,11,18,20H,8-10,12-17H2,1H3,(H,28,32)/t20-/m1/s1. The largest absolute Gasteiger partial charge is 0.497 e. The summed E-state index contributed by atoms with van der Waals surface area (Å²) in [7, 11) is 1.64. The summed E-state index contributed by atoms with van der Waals surface area (Å²) in [6.07, 6.45) is 7.79. The lowest BCUT2D eigenvalue weighted by Gasteiger charge is -2.46. The molecule has 1 N–H and O–H groups in total. The first kappa shape index (κ1) is 23.3. The first-order valence-corrected chi connectivity index (χ1v) is 12.2. The van der Waals surface area contributed by atoms with Crippen LogP contribution in [0.15, 0.2) is 53.3 Å². The van der Waals surface area contributed by atoms with Gasteiger partial charge in [-0.1, -0.05) is 17.3 Å². The zero-order chi connectivity index (χ0) is 24.1. The van der Waals surface area contributed by atoms with Gasteiger partial charge in [0.2, 0.25) is 11.7 Å². The van der Waals surface area contributed by atoms with Crippen molar-refractivity contribution in [1.29, 1.82) is 0 Å². The number of nitrogens with one attached hydrogen (secondary N) is 1. The van der Waals surface area contributed by atoms with Crippen LogP contribution in [0, 0.1) is 5.92 Å². The van der Waals surface area contributed by atoms with Gasteiger partial charge < -0.3 is 24.2 Å². The fraction of sp³-hybridized carbons (Fsp3) is 0.462. The minimum atomic E-state index is -0.179. The van der Waals surface area contributed by atoms with Crippen LogP contribution in [-0.2, 0) is 17.7 Å². The predicted octanol–water partition coefficient (Wildman–Crippen LogP) is 3.85. The highest BCUT2D eigenvalue weighted by atomic mass is 16.5. The lowest BCUT2D eigenvalue weighted by atomic mass is 9.78. The second kappa shape index (κ2) is 10.4. The minimum Gasteiger partial charge on any atom is -0.497 e. The van der Waals surface area contributed by atoms with Gasteiger partial charge in [0, 0.05) is 50.6 Å². The number of hydrogen-bond donors (Lipinski definition) is 1. The van der Waals surface area contributed by atoms with E-state index in [1.807, 2.05) is 41.3 Å². The average Bonchev–Trinajstić information content (AvgIpc) is 3.37. The number of carbonyl (C=O) groups excluding carboxylic acids is 1. The van der Waals surface area contributed by atoms with E-state index in [0.717, 1.165) is 55.6 Å². The number of likely N-dealkylation sites (tertiary alicyclic amines) is 1. The normalized spacial score (nSPS) is 19.5. The van der Waals surface area contributed by atoms with Gasteiger partial charge in [0.1, 0.15) is 5.75 Å². The number of piperidine rings is 1. The zero-order valence-electron chi connectivity index (χ0n) is 20.0. The molecule has 2 fully saturated rings. The van der Waals surface area contributed by atoms with Crippen LogP contribution in [0.1, 0.15) is 37.1 Å². The van der Waals surface area contributed by atoms with Gasteiger partial charge in [-0.05, 0) is 61.4 Å². The predicted molar refractivity (Wildman–Crippen MR) is 129 cm³/mol. The van der Waals surface area contributed by atoms with E-state index in [9.17, 15) is 4.79 Å². The number of aromatic nitrogens is 3. The third-order valence-corrected chi connectivity index (χ3v) is 7.01. The highest BCUT2D eigenvalue weighted by Crippen LogP contribution is 2.38. The molecule has 4 heterocycles. The Labute approximate surface area is 204 Å². The number of amides is 2. The topological polar surface area (TPSA) is 103 Å². The second-order valence-corrected chi connectivity index (χ2v) is 9.34. The molecule has 9 nitrogen and oxygen atoms in total. The van der Waals surface area contributed by atoms with Crippen LogP contribution >= 0.6 is 0 Å². The molecule has 0 bridgehead atoms. The molecular formula is C26H31N5O4. The van der Waals surface area contributed by atoms with Crippen LogP contribution in [-0.4, -0.2) is 58.5 Å². The summed E-state index contributed by atoms with van der Waals surface area (Å²) in [5.74, 6) is 2.45. The molecule has 0 saturated carbocycles. The van der Waals surface area contributed by atoms with Gasteiger partial charge in [-0.15, -0.1) is 0 Å². The minimum absolute atomic E-state index is 0.0307. The number of urea groups is 1. The molecule has 0 aliphatic carbocycles. The molecule has 2 aromatic heterocycles. The fourth-order valence-electron chi connectivity index (χ4n) is 5.00. The molecule has 2 aliphatic rings. The summed E-state index contributed by atoms with van der Waals surface area (Å²) < 4.78 is 17.0. The van der Waals surface area contributed by atoms with Crippen molar-refractivity contribution in [2.75, 3.05) is 26.8 Å². The fourth-order valence-corrected chi connectivity index (χ4v) is 5.00. The highest BCUT2D eigenvalue weighted by Gasteiger charge is 2.41. The molecule has 2 aliphatic heterocycles. The number of nitrogens with zero attached hydrogens (tertiary/aromatic N) is 4. The molecule has 9 heteroatoms. The van der Waals surface area contributed by atoms with Gasteiger partial charge in [0.05, 0.1) is 12.7 Å². The van der Waals surface area contributed by atoms with Crippen molar-refractivity contribution in [2.24, 2.45) is 5.92 Å². The lowest BCUT2D eigenvalue weighted by Crippen LogP contribution is -2.52. The summed E-state index contributed by atoms with van der Waals surface area (Å²) in [5, 5.41) is 7.15. The van der Waals surface area contributed by atoms with Crippen LogP contribution in [0.25, 0.3) is 11.4 Å². The SMILES string of the molecule is COc1ccc(CNC(=O)N2CCC3(CC2)C[C@@H](Cc2nc(-c4cccnc4)no2)CCO3)cc1. The molecule has 1 spiro atoms. The lowest BCUT2D eigenvalue weighted by molar-refractivity contribution is -0.123. The van der Waals surface area contributed by atoms with E-state index in [2.05, 4.69) is 20.4 Å². The summed E-state index contributed by atoms with van der Waals surface area (Å²) in [5.41, 5.74) is 1.71. The number of methoxy groups -OCH3 is 1. The van der Waals surface area contributed by atoms with Crippen LogP contribution in [0.5, 0.6) is 5.75 Å². The van der Waals surface area contributed by atoms with Crippen LogP contribution in [0.3, 0.4) is 0 Å².